The van der Waals surface area contributed by atoms with E-state index in [4.69, 9.17) is 33.9 Å². The summed E-state index contributed by atoms with van der Waals surface area (Å²) in [6.45, 7) is 0.338. The highest BCUT2D eigenvalue weighted by Gasteiger charge is 2.16. The van der Waals surface area contributed by atoms with Gasteiger partial charge in [-0.15, -0.1) is 0 Å². The fourth-order valence-corrected chi connectivity index (χ4v) is 6.71. The third kappa shape index (κ3) is 7.37. The smallest absolute Gasteiger partial charge is 0.188 e. The number of aromatic nitrogens is 3. The summed E-state index contributed by atoms with van der Waals surface area (Å²) in [6.07, 6.45) is -1.58. The van der Waals surface area contributed by atoms with E-state index in [9.17, 15) is 10.2 Å². The number of benzene rings is 7. The molecule has 8 aromatic rings. The van der Waals surface area contributed by atoms with Gasteiger partial charge in [0.05, 0.1) is 0 Å². The van der Waals surface area contributed by atoms with E-state index < -0.39 is 6.29 Å². The molecule has 55 heavy (non-hydrogen) atoms. The number of ether oxygens (including phenoxy) is 4. The molecule has 0 amide bonds. The summed E-state index contributed by atoms with van der Waals surface area (Å²) >= 11 is 0. The molecule has 272 valence electrons. The highest BCUT2D eigenvalue weighted by molar-refractivity contribution is 6.01. The Bertz CT molecular complexity index is 2440. The molecule has 0 spiro atoms. The number of nitrogens with zero attached hydrogens (tertiary/aromatic N) is 3. The summed E-state index contributed by atoms with van der Waals surface area (Å²) in [4.78, 5) is 14.8. The van der Waals surface area contributed by atoms with E-state index in [-0.39, 0.29) is 13.6 Å². The molecule has 0 saturated heterocycles. The van der Waals surface area contributed by atoms with Gasteiger partial charge < -0.3 is 29.2 Å². The fraction of sp³-hybridized carbons (Fsp3) is 0.109. The molecule has 0 fully saturated rings. The molecule has 1 aromatic heterocycles. The first-order valence-electron chi connectivity index (χ1n) is 17.7. The van der Waals surface area contributed by atoms with Gasteiger partial charge in [0, 0.05) is 47.2 Å². The zero-order valence-electron chi connectivity index (χ0n) is 30.2. The van der Waals surface area contributed by atoms with E-state index in [1.807, 2.05) is 72.8 Å². The predicted molar refractivity (Wildman–Crippen MR) is 214 cm³/mol. The number of methoxy groups -OCH3 is 2. The first kappa shape index (κ1) is 35.5. The van der Waals surface area contributed by atoms with Gasteiger partial charge in [-0.1, -0.05) is 133 Å². The molecule has 0 bridgehead atoms. The zero-order valence-corrected chi connectivity index (χ0v) is 30.2. The molecule has 0 radical (unpaired) electrons. The third-order valence-corrected chi connectivity index (χ3v) is 9.44. The Hall–Kier alpha value is -6.49. The monoisotopic (exact) mass is 727 g/mol. The van der Waals surface area contributed by atoms with Gasteiger partial charge in [0.1, 0.15) is 11.5 Å². The van der Waals surface area contributed by atoms with Crippen LogP contribution in [-0.4, -0.2) is 53.0 Å². The second kappa shape index (κ2) is 15.9. The van der Waals surface area contributed by atoms with Gasteiger partial charge in [-0.05, 0) is 45.2 Å². The maximum Gasteiger partial charge on any atom is 0.188 e. The molecule has 0 unspecified atom stereocenters. The lowest BCUT2D eigenvalue weighted by Gasteiger charge is -2.13. The van der Waals surface area contributed by atoms with Crippen LogP contribution >= 0.6 is 0 Å². The number of aliphatic hydroxyl groups is 2. The highest BCUT2D eigenvalue weighted by atomic mass is 16.7. The molecule has 0 aliphatic rings. The molecule has 8 rings (SSSR count). The molecular formula is C46H37N3O6. The van der Waals surface area contributed by atoms with Gasteiger partial charge in [-0.2, -0.15) is 0 Å². The summed E-state index contributed by atoms with van der Waals surface area (Å²) < 4.78 is 21.9. The van der Waals surface area contributed by atoms with Crippen LogP contribution in [0.1, 0.15) is 11.9 Å². The van der Waals surface area contributed by atoms with Crippen molar-refractivity contribution in [3.8, 4) is 67.9 Å². The minimum absolute atomic E-state index is 0.169. The Labute approximate surface area is 318 Å². The first-order chi connectivity index (χ1) is 27.0. The summed E-state index contributed by atoms with van der Waals surface area (Å²) in [6, 6.07) is 47.5. The van der Waals surface area contributed by atoms with Crippen molar-refractivity contribution in [1.29, 1.82) is 0 Å². The van der Waals surface area contributed by atoms with Crippen LogP contribution in [0.2, 0.25) is 0 Å². The minimum atomic E-state index is -1.58. The van der Waals surface area contributed by atoms with Gasteiger partial charge in [-0.25, -0.2) is 15.0 Å². The molecular weight excluding hydrogens is 691 g/mol. The second-order valence-electron chi connectivity index (χ2n) is 12.9. The van der Waals surface area contributed by atoms with Gasteiger partial charge in [0.15, 0.2) is 37.3 Å². The summed E-state index contributed by atoms with van der Waals surface area (Å²) in [7, 11) is 3.21. The summed E-state index contributed by atoms with van der Waals surface area (Å²) in [5, 5.41) is 23.5. The quantitative estimate of drug-likeness (QED) is 0.119. The average molecular weight is 728 g/mol. The molecule has 0 aliphatic heterocycles. The number of aliphatic hydroxyl groups excluding tert-OH is 1. The summed E-state index contributed by atoms with van der Waals surface area (Å²) in [5.41, 5.74) is 6.94. The van der Waals surface area contributed by atoms with Crippen LogP contribution in [0.5, 0.6) is 11.5 Å². The number of rotatable bonds is 12. The van der Waals surface area contributed by atoms with Gasteiger partial charge in [0.25, 0.3) is 0 Å². The van der Waals surface area contributed by atoms with E-state index in [1.165, 1.54) is 0 Å². The molecule has 1 heterocycles. The van der Waals surface area contributed by atoms with Crippen molar-refractivity contribution in [2.75, 3.05) is 27.8 Å². The van der Waals surface area contributed by atoms with E-state index in [2.05, 4.69) is 48.5 Å². The Kier molecular flexibility index (Phi) is 10.2. The normalized spacial score (nSPS) is 11.4. The topological polar surface area (TPSA) is 116 Å². The van der Waals surface area contributed by atoms with Crippen molar-refractivity contribution >= 4 is 21.5 Å². The summed E-state index contributed by atoms with van der Waals surface area (Å²) in [5.74, 6) is 3.00. The SMILES string of the molecule is COCOc1ccc(-c2ccc(-c3nc(-c4ccc(-c5ccc(OCOC)c6ccccc56)cc4)nc(-c4ccc(C(O)O)cc4)n3)cc2)c2ccccc12. The lowest BCUT2D eigenvalue weighted by Crippen LogP contribution is -2.01. The minimum Gasteiger partial charge on any atom is -0.467 e. The van der Waals surface area contributed by atoms with E-state index in [0.29, 0.717) is 28.6 Å². The molecule has 9 nitrogen and oxygen atoms in total. The van der Waals surface area contributed by atoms with Gasteiger partial charge in [-0.3, -0.25) is 0 Å². The molecule has 7 aromatic carbocycles. The van der Waals surface area contributed by atoms with E-state index in [1.54, 1.807) is 38.5 Å². The average Bonchev–Trinajstić information content (AvgIpc) is 3.24. The van der Waals surface area contributed by atoms with Crippen LogP contribution in [0.3, 0.4) is 0 Å². The third-order valence-electron chi connectivity index (χ3n) is 9.44. The predicted octanol–water partition coefficient (Wildman–Crippen LogP) is 9.46. The van der Waals surface area contributed by atoms with Crippen molar-refractivity contribution in [3.63, 3.8) is 0 Å². The molecule has 9 heteroatoms. The first-order valence-corrected chi connectivity index (χ1v) is 17.7. The number of hydrogen-bond donors (Lipinski definition) is 2. The van der Waals surface area contributed by atoms with Gasteiger partial charge in [0.2, 0.25) is 0 Å². The lowest BCUT2D eigenvalue weighted by molar-refractivity contribution is -0.0424. The Morgan fingerprint density at radius 2 is 0.764 bits per heavy atom. The van der Waals surface area contributed by atoms with E-state index >= 15 is 0 Å². The Morgan fingerprint density at radius 3 is 1.13 bits per heavy atom. The van der Waals surface area contributed by atoms with Crippen LogP contribution in [0, 0.1) is 0 Å². The van der Waals surface area contributed by atoms with Crippen molar-refractivity contribution < 1.29 is 29.2 Å². The molecule has 0 saturated carbocycles. The van der Waals surface area contributed by atoms with Gasteiger partial charge >= 0.3 is 0 Å². The maximum atomic E-state index is 9.68. The molecule has 0 aliphatic carbocycles. The Morgan fingerprint density at radius 1 is 0.418 bits per heavy atom. The number of fused-ring (bicyclic) bond motifs is 2. The molecule has 2 N–H and O–H groups in total. The Balaban J connectivity index is 1.17. The van der Waals surface area contributed by atoms with Crippen LogP contribution in [0.4, 0.5) is 0 Å². The van der Waals surface area contributed by atoms with Crippen molar-refractivity contribution in [2.45, 2.75) is 6.29 Å². The van der Waals surface area contributed by atoms with Crippen molar-refractivity contribution in [3.05, 3.63) is 151 Å². The standard InChI is InChI=1S/C46H37N3O6/c1-52-27-54-41-25-23-35(37-7-3-5-9-39(37)41)29-11-15-31(16-12-29)43-47-44(49-45(48-43)33-19-21-34(22-20-33)46(50)51)32-17-13-30(14-18-32)36-24-26-42(55-28-53-2)40-10-6-4-8-38(36)40/h3-26,46,50-51H,27-28H2,1-2H3. The van der Waals surface area contributed by atoms with Crippen molar-refractivity contribution in [1.82, 2.24) is 15.0 Å². The van der Waals surface area contributed by atoms with Crippen LogP contribution < -0.4 is 9.47 Å². The maximum absolute atomic E-state index is 9.68. The van der Waals surface area contributed by atoms with Crippen LogP contribution in [0.25, 0.3) is 78.0 Å². The lowest BCUT2D eigenvalue weighted by atomic mass is 9.96. The van der Waals surface area contributed by atoms with Crippen molar-refractivity contribution in [2.24, 2.45) is 0 Å². The highest BCUT2D eigenvalue weighted by Crippen LogP contribution is 2.37. The second-order valence-corrected chi connectivity index (χ2v) is 12.9. The van der Waals surface area contributed by atoms with E-state index in [0.717, 1.165) is 66.4 Å². The molecule has 0 atom stereocenters. The number of hydrogen-bond acceptors (Lipinski definition) is 9. The van der Waals surface area contributed by atoms with Crippen LogP contribution in [-0.2, 0) is 9.47 Å². The fourth-order valence-electron chi connectivity index (χ4n) is 6.71. The van der Waals surface area contributed by atoms with Crippen LogP contribution in [0.15, 0.2) is 146 Å². The zero-order chi connectivity index (χ0) is 37.7. The largest absolute Gasteiger partial charge is 0.467 e.